The van der Waals surface area contributed by atoms with Crippen molar-refractivity contribution in [3.05, 3.63) is 29.8 Å². The number of ether oxygens (including phenoxy) is 1. The Balaban J connectivity index is 2.23. The van der Waals surface area contributed by atoms with Crippen LogP contribution >= 0.6 is 0 Å². The van der Waals surface area contributed by atoms with Crippen LogP contribution in [0.1, 0.15) is 39.7 Å². The molecule has 1 heterocycles. The van der Waals surface area contributed by atoms with E-state index in [0.717, 1.165) is 17.7 Å². The van der Waals surface area contributed by atoms with Gasteiger partial charge < -0.3 is 15.4 Å². The van der Waals surface area contributed by atoms with Gasteiger partial charge in [0.15, 0.2) is 0 Å². The summed E-state index contributed by atoms with van der Waals surface area (Å²) >= 11 is 0. The van der Waals surface area contributed by atoms with Gasteiger partial charge >= 0.3 is 0 Å². The number of nitrogens with one attached hydrogen (secondary N) is 1. The Bertz CT molecular complexity index is 505. The maximum absolute atomic E-state index is 7.44. The van der Waals surface area contributed by atoms with E-state index in [2.05, 4.69) is 39.6 Å². The highest BCUT2D eigenvalue weighted by Crippen LogP contribution is 2.41. The fourth-order valence-corrected chi connectivity index (χ4v) is 3.19. The number of benzene rings is 1. The molecule has 1 aliphatic rings. The Hall–Kier alpha value is -1.55. The monoisotopic (exact) mass is 275 g/mol. The van der Waals surface area contributed by atoms with E-state index >= 15 is 0 Å². The molecule has 110 valence electrons. The van der Waals surface area contributed by atoms with Crippen LogP contribution in [0.5, 0.6) is 0 Å². The molecule has 1 saturated heterocycles. The molecule has 0 radical (unpaired) electrons. The standard InChI is InChI=1S/C16H25N3O/c1-15(2)10-13(16(3,4)20-15)19(5)12-8-6-11(7-9-12)14(17)18/h6-9,13H,10H2,1-5H3,(H3,17,18). The first kappa shape index (κ1) is 14.9. The second-order valence-corrected chi connectivity index (χ2v) is 6.76. The third-order valence-electron chi connectivity index (χ3n) is 4.08. The number of nitrogen functional groups attached to an aromatic ring is 1. The van der Waals surface area contributed by atoms with Crippen molar-refractivity contribution in [2.24, 2.45) is 5.73 Å². The topological polar surface area (TPSA) is 62.3 Å². The highest BCUT2D eigenvalue weighted by Gasteiger charge is 2.47. The number of rotatable bonds is 3. The van der Waals surface area contributed by atoms with Crippen LogP contribution in [-0.4, -0.2) is 30.1 Å². The molecular weight excluding hydrogens is 250 g/mol. The summed E-state index contributed by atoms with van der Waals surface area (Å²) in [4.78, 5) is 2.26. The molecule has 1 aromatic rings. The van der Waals surface area contributed by atoms with Crippen LogP contribution in [0.2, 0.25) is 0 Å². The second-order valence-electron chi connectivity index (χ2n) is 6.76. The summed E-state index contributed by atoms with van der Waals surface area (Å²) in [5.74, 6) is 0.102. The highest BCUT2D eigenvalue weighted by atomic mass is 16.5. The number of hydrogen-bond donors (Lipinski definition) is 2. The van der Waals surface area contributed by atoms with Gasteiger partial charge in [0.05, 0.1) is 17.2 Å². The predicted octanol–water partition coefficient (Wildman–Crippen LogP) is 2.75. The Morgan fingerprint density at radius 3 is 2.20 bits per heavy atom. The van der Waals surface area contributed by atoms with E-state index in [1.807, 2.05) is 24.3 Å². The van der Waals surface area contributed by atoms with Gasteiger partial charge in [-0.05, 0) is 58.4 Å². The fourth-order valence-electron chi connectivity index (χ4n) is 3.19. The van der Waals surface area contributed by atoms with Gasteiger partial charge in [0.1, 0.15) is 5.84 Å². The van der Waals surface area contributed by atoms with Crippen LogP contribution in [0.3, 0.4) is 0 Å². The van der Waals surface area contributed by atoms with Crippen molar-refractivity contribution in [2.75, 3.05) is 11.9 Å². The number of nitrogens with two attached hydrogens (primary N) is 1. The van der Waals surface area contributed by atoms with Crippen LogP contribution < -0.4 is 10.6 Å². The van der Waals surface area contributed by atoms with Crippen molar-refractivity contribution >= 4 is 11.5 Å². The number of anilines is 1. The van der Waals surface area contributed by atoms with Crippen molar-refractivity contribution in [2.45, 2.75) is 51.4 Å². The lowest BCUT2D eigenvalue weighted by Gasteiger charge is -2.35. The number of likely N-dealkylation sites (N-methyl/N-ethyl adjacent to an activating group) is 1. The van der Waals surface area contributed by atoms with E-state index < -0.39 is 0 Å². The average Bonchev–Trinajstić information content (AvgIpc) is 2.56. The normalized spacial score (nSPS) is 23.6. The highest BCUT2D eigenvalue weighted by molar-refractivity contribution is 5.95. The largest absolute Gasteiger partial charge is 0.384 e. The van der Waals surface area contributed by atoms with Gasteiger partial charge in [-0.3, -0.25) is 5.41 Å². The van der Waals surface area contributed by atoms with Crippen LogP contribution in [-0.2, 0) is 4.74 Å². The molecule has 1 aromatic carbocycles. The minimum atomic E-state index is -0.183. The maximum Gasteiger partial charge on any atom is 0.122 e. The lowest BCUT2D eigenvalue weighted by atomic mass is 9.93. The van der Waals surface area contributed by atoms with E-state index in [1.54, 1.807) is 0 Å². The average molecular weight is 275 g/mol. The zero-order chi connectivity index (χ0) is 15.1. The molecule has 0 bridgehead atoms. The molecule has 1 fully saturated rings. The molecular formula is C16H25N3O. The van der Waals surface area contributed by atoms with Crippen molar-refractivity contribution in [1.82, 2.24) is 0 Å². The summed E-state index contributed by atoms with van der Waals surface area (Å²) < 4.78 is 6.16. The zero-order valence-electron chi connectivity index (χ0n) is 13.0. The summed E-state index contributed by atoms with van der Waals surface area (Å²) in [6.07, 6.45) is 0.991. The van der Waals surface area contributed by atoms with Crippen molar-refractivity contribution < 1.29 is 4.74 Å². The molecule has 0 spiro atoms. The first-order valence-electron chi connectivity index (χ1n) is 7.00. The summed E-state index contributed by atoms with van der Waals surface area (Å²) in [5.41, 5.74) is 7.09. The third-order valence-corrected chi connectivity index (χ3v) is 4.08. The van der Waals surface area contributed by atoms with Crippen molar-refractivity contribution in [3.63, 3.8) is 0 Å². The molecule has 4 nitrogen and oxygen atoms in total. The number of nitrogens with zero attached hydrogens (tertiary/aromatic N) is 1. The molecule has 0 aromatic heterocycles. The minimum Gasteiger partial charge on any atom is -0.384 e. The zero-order valence-corrected chi connectivity index (χ0v) is 13.0. The lowest BCUT2D eigenvalue weighted by Crippen LogP contribution is -2.44. The van der Waals surface area contributed by atoms with Crippen LogP contribution in [0, 0.1) is 5.41 Å². The summed E-state index contributed by atoms with van der Waals surface area (Å²) in [7, 11) is 2.10. The number of hydrogen-bond acceptors (Lipinski definition) is 3. The maximum atomic E-state index is 7.44. The van der Waals surface area contributed by atoms with Crippen LogP contribution in [0.15, 0.2) is 24.3 Å². The Labute approximate surface area is 121 Å². The molecule has 20 heavy (non-hydrogen) atoms. The summed E-state index contributed by atoms with van der Waals surface area (Å²) in [6, 6.07) is 8.13. The van der Waals surface area contributed by atoms with E-state index in [1.165, 1.54) is 0 Å². The smallest absolute Gasteiger partial charge is 0.122 e. The molecule has 0 amide bonds. The van der Waals surface area contributed by atoms with Crippen molar-refractivity contribution in [1.29, 1.82) is 5.41 Å². The van der Waals surface area contributed by atoms with Gasteiger partial charge in [0, 0.05) is 18.3 Å². The van der Waals surface area contributed by atoms with Crippen LogP contribution in [0.25, 0.3) is 0 Å². The fraction of sp³-hybridized carbons (Fsp3) is 0.562. The number of amidine groups is 1. The molecule has 2 rings (SSSR count). The van der Waals surface area contributed by atoms with Gasteiger partial charge in [-0.2, -0.15) is 0 Å². The Morgan fingerprint density at radius 1 is 1.25 bits per heavy atom. The van der Waals surface area contributed by atoms with Gasteiger partial charge in [0.25, 0.3) is 0 Å². The molecule has 1 unspecified atom stereocenters. The van der Waals surface area contributed by atoms with Crippen LogP contribution in [0.4, 0.5) is 5.69 Å². The second kappa shape index (κ2) is 4.77. The van der Waals surface area contributed by atoms with Gasteiger partial charge in [-0.1, -0.05) is 0 Å². The first-order valence-corrected chi connectivity index (χ1v) is 7.00. The molecule has 4 heteroatoms. The minimum absolute atomic E-state index is 0.0955. The molecule has 0 saturated carbocycles. The Kier molecular flexibility index (Phi) is 3.54. The van der Waals surface area contributed by atoms with E-state index in [9.17, 15) is 0 Å². The Morgan fingerprint density at radius 2 is 1.80 bits per heavy atom. The van der Waals surface area contributed by atoms with Gasteiger partial charge in [0.2, 0.25) is 0 Å². The molecule has 1 atom stereocenters. The third kappa shape index (κ3) is 2.80. The van der Waals surface area contributed by atoms with Crippen molar-refractivity contribution in [3.8, 4) is 0 Å². The molecule has 0 aliphatic carbocycles. The SMILES string of the molecule is CN(c1ccc(C(=N)N)cc1)C1CC(C)(C)OC1(C)C. The lowest BCUT2D eigenvalue weighted by molar-refractivity contribution is -0.0676. The van der Waals surface area contributed by atoms with Gasteiger partial charge in [-0.25, -0.2) is 0 Å². The van der Waals surface area contributed by atoms with E-state index in [0.29, 0.717) is 6.04 Å². The summed E-state index contributed by atoms with van der Waals surface area (Å²) in [5, 5.41) is 7.44. The molecule has 1 aliphatic heterocycles. The van der Waals surface area contributed by atoms with E-state index in [4.69, 9.17) is 15.9 Å². The van der Waals surface area contributed by atoms with Gasteiger partial charge in [-0.15, -0.1) is 0 Å². The quantitative estimate of drug-likeness (QED) is 0.658. The first-order chi connectivity index (χ1) is 9.12. The predicted molar refractivity (Wildman–Crippen MR) is 83.5 cm³/mol. The molecule has 3 N–H and O–H groups in total. The summed E-state index contributed by atoms with van der Waals surface area (Å²) in [6.45, 7) is 8.57. The van der Waals surface area contributed by atoms with E-state index in [-0.39, 0.29) is 17.0 Å².